The van der Waals surface area contributed by atoms with Crippen molar-refractivity contribution in [3.05, 3.63) is 29.6 Å². The summed E-state index contributed by atoms with van der Waals surface area (Å²) < 4.78 is 17.9. The first-order valence-corrected chi connectivity index (χ1v) is 3.61. The van der Waals surface area contributed by atoms with Crippen LogP contribution in [0.25, 0.3) is 0 Å². The van der Waals surface area contributed by atoms with Gasteiger partial charge in [-0.3, -0.25) is 0 Å². The molecule has 0 fully saturated rings. The lowest BCUT2D eigenvalue weighted by molar-refractivity contribution is 0.405. The number of hydrogen-bond donors (Lipinski definition) is 0. The maximum absolute atomic E-state index is 13.0. The SMILES string of the molecule is CCc1c(F)cccc1OC. The van der Waals surface area contributed by atoms with Gasteiger partial charge in [0.25, 0.3) is 0 Å². The van der Waals surface area contributed by atoms with E-state index in [1.165, 1.54) is 6.07 Å². The molecular formula is C9H11FO. The van der Waals surface area contributed by atoms with Crippen LogP contribution in [0.15, 0.2) is 18.2 Å². The molecule has 11 heavy (non-hydrogen) atoms. The Morgan fingerprint density at radius 3 is 2.64 bits per heavy atom. The molecule has 0 bridgehead atoms. The first kappa shape index (κ1) is 8.05. The molecule has 2 heteroatoms. The first-order valence-electron chi connectivity index (χ1n) is 3.61. The van der Waals surface area contributed by atoms with E-state index in [0.717, 1.165) is 0 Å². The molecule has 0 spiro atoms. The van der Waals surface area contributed by atoms with Gasteiger partial charge in [-0.05, 0) is 18.6 Å². The molecule has 0 heterocycles. The molecule has 0 saturated carbocycles. The van der Waals surface area contributed by atoms with Crippen molar-refractivity contribution in [2.45, 2.75) is 13.3 Å². The van der Waals surface area contributed by atoms with Gasteiger partial charge in [-0.15, -0.1) is 0 Å². The normalized spacial score (nSPS) is 9.73. The molecule has 1 aromatic rings. The van der Waals surface area contributed by atoms with E-state index in [1.54, 1.807) is 19.2 Å². The lowest BCUT2D eigenvalue weighted by atomic mass is 10.1. The van der Waals surface area contributed by atoms with E-state index in [-0.39, 0.29) is 5.82 Å². The molecule has 0 saturated heterocycles. The molecule has 0 aromatic heterocycles. The molecule has 0 amide bonds. The first-order chi connectivity index (χ1) is 5.29. The molecule has 1 rings (SSSR count). The van der Waals surface area contributed by atoms with Gasteiger partial charge >= 0.3 is 0 Å². The van der Waals surface area contributed by atoms with Crippen LogP contribution < -0.4 is 4.74 Å². The number of ether oxygens (including phenoxy) is 1. The number of rotatable bonds is 2. The van der Waals surface area contributed by atoms with Gasteiger partial charge in [-0.25, -0.2) is 4.39 Å². The largest absolute Gasteiger partial charge is 0.496 e. The second-order valence-corrected chi connectivity index (χ2v) is 2.27. The molecule has 1 aromatic carbocycles. The summed E-state index contributed by atoms with van der Waals surface area (Å²) in [6.45, 7) is 1.90. The summed E-state index contributed by atoms with van der Waals surface area (Å²) >= 11 is 0. The zero-order valence-electron chi connectivity index (χ0n) is 6.73. The van der Waals surface area contributed by atoms with Crippen LogP contribution in [0.4, 0.5) is 4.39 Å². The predicted octanol–water partition coefficient (Wildman–Crippen LogP) is 2.40. The summed E-state index contributed by atoms with van der Waals surface area (Å²) in [5, 5.41) is 0. The van der Waals surface area contributed by atoms with Crippen LogP contribution in [-0.4, -0.2) is 7.11 Å². The molecule has 0 atom stereocenters. The highest BCUT2D eigenvalue weighted by Gasteiger charge is 2.04. The second kappa shape index (κ2) is 3.37. The van der Waals surface area contributed by atoms with E-state index in [0.29, 0.717) is 17.7 Å². The average molecular weight is 154 g/mol. The van der Waals surface area contributed by atoms with Gasteiger partial charge in [0.1, 0.15) is 11.6 Å². The third-order valence-electron chi connectivity index (χ3n) is 1.65. The maximum atomic E-state index is 13.0. The molecule has 0 unspecified atom stereocenters. The van der Waals surface area contributed by atoms with Crippen LogP contribution in [0.5, 0.6) is 5.75 Å². The Labute approximate surface area is 65.8 Å². The topological polar surface area (TPSA) is 9.23 Å². The van der Waals surface area contributed by atoms with Crippen molar-refractivity contribution in [1.29, 1.82) is 0 Å². The molecule has 0 aliphatic carbocycles. The standard InChI is InChI=1S/C9H11FO/c1-3-7-8(10)5-4-6-9(7)11-2/h4-6H,3H2,1-2H3. The summed E-state index contributed by atoms with van der Waals surface area (Å²) in [6, 6.07) is 4.86. The third kappa shape index (κ3) is 1.50. The Kier molecular flexibility index (Phi) is 2.47. The minimum Gasteiger partial charge on any atom is -0.496 e. The van der Waals surface area contributed by atoms with E-state index in [1.807, 2.05) is 6.92 Å². The predicted molar refractivity (Wildman–Crippen MR) is 42.3 cm³/mol. The summed E-state index contributed by atoms with van der Waals surface area (Å²) in [5.74, 6) is 0.444. The molecule has 0 radical (unpaired) electrons. The van der Waals surface area contributed by atoms with E-state index < -0.39 is 0 Å². The van der Waals surface area contributed by atoms with Crippen LogP contribution in [0, 0.1) is 5.82 Å². The molecular weight excluding hydrogens is 143 g/mol. The number of methoxy groups -OCH3 is 1. The lowest BCUT2D eigenvalue weighted by Gasteiger charge is -2.05. The zero-order valence-corrected chi connectivity index (χ0v) is 6.73. The Hall–Kier alpha value is -1.05. The summed E-state index contributed by atoms with van der Waals surface area (Å²) in [7, 11) is 1.55. The van der Waals surface area contributed by atoms with Crippen LogP contribution in [0.1, 0.15) is 12.5 Å². The fourth-order valence-electron chi connectivity index (χ4n) is 1.07. The summed E-state index contributed by atoms with van der Waals surface area (Å²) in [6.07, 6.45) is 0.663. The average Bonchev–Trinajstić information content (AvgIpc) is 2.04. The van der Waals surface area contributed by atoms with E-state index in [4.69, 9.17) is 4.74 Å². The molecule has 60 valence electrons. The summed E-state index contributed by atoms with van der Waals surface area (Å²) in [4.78, 5) is 0. The monoisotopic (exact) mass is 154 g/mol. The Balaban J connectivity index is 3.13. The minimum atomic E-state index is -0.188. The van der Waals surface area contributed by atoms with Gasteiger partial charge in [-0.1, -0.05) is 13.0 Å². The lowest BCUT2D eigenvalue weighted by Crippen LogP contribution is -1.93. The van der Waals surface area contributed by atoms with Gasteiger partial charge in [0.05, 0.1) is 7.11 Å². The smallest absolute Gasteiger partial charge is 0.130 e. The highest BCUT2D eigenvalue weighted by Crippen LogP contribution is 2.20. The van der Waals surface area contributed by atoms with Gasteiger partial charge in [0, 0.05) is 5.56 Å². The molecule has 1 nitrogen and oxygen atoms in total. The van der Waals surface area contributed by atoms with Crippen molar-refractivity contribution < 1.29 is 9.13 Å². The van der Waals surface area contributed by atoms with E-state index >= 15 is 0 Å². The van der Waals surface area contributed by atoms with Crippen LogP contribution in [0.3, 0.4) is 0 Å². The Bertz CT molecular complexity index is 245. The van der Waals surface area contributed by atoms with Crippen molar-refractivity contribution in [2.75, 3.05) is 7.11 Å². The van der Waals surface area contributed by atoms with E-state index in [9.17, 15) is 4.39 Å². The molecule has 0 N–H and O–H groups in total. The Morgan fingerprint density at radius 2 is 2.18 bits per heavy atom. The quantitative estimate of drug-likeness (QED) is 0.635. The van der Waals surface area contributed by atoms with Crippen molar-refractivity contribution in [2.24, 2.45) is 0 Å². The number of hydrogen-bond acceptors (Lipinski definition) is 1. The fraction of sp³-hybridized carbons (Fsp3) is 0.333. The van der Waals surface area contributed by atoms with Crippen molar-refractivity contribution in [1.82, 2.24) is 0 Å². The number of halogens is 1. The third-order valence-corrected chi connectivity index (χ3v) is 1.65. The van der Waals surface area contributed by atoms with Crippen molar-refractivity contribution in [3.8, 4) is 5.75 Å². The van der Waals surface area contributed by atoms with Crippen LogP contribution >= 0.6 is 0 Å². The molecule has 0 aliphatic heterocycles. The molecule has 0 aliphatic rings. The second-order valence-electron chi connectivity index (χ2n) is 2.27. The van der Waals surface area contributed by atoms with Gasteiger partial charge in [0.15, 0.2) is 0 Å². The fourth-order valence-corrected chi connectivity index (χ4v) is 1.07. The van der Waals surface area contributed by atoms with Gasteiger partial charge < -0.3 is 4.74 Å². The summed E-state index contributed by atoms with van der Waals surface area (Å²) in [5.41, 5.74) is 0.648. The van der Waals surface area contributed by atoms with Crippen LogP contribution in [0.2, 0.25) is 0 Å². The van der Waals surface area contributed by atoms with Gasteiger partial charge in [0.2, 0.25) is 0 Å². The highest BCUT2D eigenvalue weighted by atomic mass is 19.1. The van der Waals surface area contributed by atoms with Gasteiger partial charge in [-0.2, -0.15) is 0 Å². The van der Waals surface area contributed by atoms with Crippen molar-refractivity contribution >= 4 is 0 Å². The van der Waals surface area contributed by atoms with Crippen molar-refractivity contribution in [3.63, 3.8) is 0 Å². The number of benzene rings is 1. The highest BCUT2D eigenvalue weighted by molar-refractivity contribution is 5.34. The Morgan fingerprint density at radius 1 is 1.45 bits per heavy atom. The minimum absolute atomic E-state index is 0.188. The zero-order chi connectivity index (χ0) is 8.27. The van der Waals surface area contributed by atoms with E-state index in [2.05, 4.69) is 0 Å². The van der Waals surface area contributed by atoms with Crippen LogP contribution in [-0.2, 0) is 6.42 Å². The maximum Gasteiger partial charge on any atom is 0.130 e.